The van der Waals surface area contributed by atoms with Crippen molar-refractivity contribution in [2.75, 3.05) is 6.61 Å². The van der Waals surface area contributed by atoms with Crippen molar-refractivity contribution in [3.05, 3.63) is 0 Å². The second-order valence-electron chi connectivity index (χ2n) is 4.58. The van der Waals surface area contributed by atoms with Gasteiger partial charge in [0.15, 0.2) is 0 Å². The van der Waals surface area contributed by atoms with Gasteiger partial charge in [0.2, 0.25) is 0 Å². The molecule has 2 atom stereocenters. The molecule has 0 aromatic heterocycles. The molecule has 0 aliphatic heterocycles. The van der Waals surface area contributed by atoms with Crippen LogP contribution >= 0.6 is 31.6 Å². The van der Waals surface area contributed by atoms with Crippen molar-refractivity contribution in [3.63, 3.8) is 0 Å². The van der Waals surface area contributed by atoms with Gasteiger partial charge in [0.25, 0.3) is 0 Å². The number of phosphoric acid groups is 2. The summed E-state index contributed by atoms with van der Waals surface area (Å²) in [6, 6.07) is 0. The van der Waals surface area contributed by atoms with Gasteiger partial charge in [0.05, 0.1) is 6.61 Å². The Bertz CT molecular complexity index is 343. The first-order valence-electron chi connectivity index (χ1n) is 5.90. The number of halogens is 1. The molecular formula is C9H21BrO7P2. The predicted molar refractivity (Wildman–Crippen MR) is 74.9 cm³/mol. The average Bonchev–Trinajstić information content (AvgIpc) is 2.12. The Labute approximate surface area is 121 Å². The molecule has 7 nitrogen and oxygen atoms in total. The number of rotatable bonds is 10. The highest BCUT2D eigenvalue weighted by molar-refractivity contribution is 9.09. The smallest absolute Gasteiger partial charge is 0.302 e. The van der Waals surface area contributed by atoms with E-state index in [9.17, 15) is 9.13 Å². The molecule has 116 valence electrons. The molecule has 0 saturated carbocycles. The van der Waals surface area contributed by atoms with E-state index in [1.165, 1.54) is 0 Å². The molecule has 0 amide bonds. The quantitative estimate of drug-likeness (QED) is 0.392. The second-order valence-corrected chi connectivity index (χ2v) is 8.71. The highest BCUT2D eigenvalue weighted by atomic mass is 79.9. The van der Waals surface area contributed by atoms with Crippen molar-refractivity contribution in [2.45, 2.75) is 44.4 Å². The van der Waals surface area contributed by atoms with E-state index in [0.717, 1.165) is 19.3 Å². The van der Waals surface area contributed by atoms with Crippen molar-refractivity contribution in [3.8, 4) is 0 Å². The molecule has 0 heterocycles. The number of hydrogen-bond donors (Lipinski definition) is 3. The number of hydrogen-bond acceptors (Lipinski definition) is 4. The first kappa shape index (κ1) is 19.7. The average molecular weight is 383 g/mol. The minimum atomic E-state index is -5.03. The van der Waals surface area contributed by atoms with Crippen molar-refractivity contribution >= 4 is 31.6 Å². The Hall–Kier alpha value is 0.740. The van der Waals surface area contributed by atoms with Gasteiger partial charge in [-0.25, -0.2) is 9.13 Å². The summed E-state index contributed by atoms with van der Waals surface area (Å²) in [5, 5.41) is 0. The molecule has 10 heteroatoms. The molecule has 0 aromatic rings. The van der Waals surface area contributed by atoms with E-state index in [1.54, 1.807) is 0 Å². The molecule has 2 unspecified atom stereocenters. The lowest BCUT2D eigenvalue weighted by Crippen LogP contribution is -2.05. The van der Waals surface area contributed by atoms with E-state index in [4.69, 9.17) is 14.7 Å². The molecule has 3 N–H and O–H groups in total. The summed E-state index contributed by atoms with van der Waals surface area (Å²) >= 11 is 3.41. The highest BCUT2D eigenvalue weighted by Crippen LogP contribution is 2.57. The van der Waals surface area contributed by atoms with Crippen molar-refractivity contribution in [2.24, 2.45) is 5.92 Å². The SMILES string of the molecule is CC(C)CCCC(Br)CCOP(=O)(O)OP(=O)(O)O. The fraction of sp³-hybridized carbons (Fsp3) is 1.00. The van der Waals surface area contributed by atoms with Crippen LogP contribution in [0, 0.1) is 5.92 Å². The Morgan fingerprint density at radius 3 is 2.16 bits per heavy atom. The minimum absolute atomic E-state index is 0.120. The van der Waals surface area contributed by atoms with Gasteiger partial charge in [0, 0.05) is 4.83 Å². The van der Waals surface area contributed by atoms with Crippen LogP contribution in [0.4, 0.5) is 0 Å². The molecule has 0 spiro atoms. The summed E-state index contributed by atoms with van der Waals surface area (Å²) in [5.74, 6) is 0.630. The molecule has 19 heavy (non-hydrogen) atoms. The summed E-state index contributed by atoms with van der Waals surface area (Å²) in [6.45, 7) is 4.15. The summed E-state index contributed by atoms with van der Waals surface area (Å²) < 4.78 is 29.6. The van der Waals surface area contributed by atoms with Gasteiger partial charge in [-0.1, -0.05) is 42.6 Å². The third kappa shape index (κ3) is 13.5. The van der Waals surface area contributed by atoms with Crippen LogP contribution in [-0.2, 0) is 18.0 Å². The van der Waals surface area contributed by atoms with Gasteiger partial charge in [-0.15, -0.1) is 0 Å². The molecular weight excluding hydrogens is 362 g/mol. The second kappa shape index (κ2) is 8.90. The fourth-order valence-electron chi connectivity index (χ4n) is 1.35. The Morgan fingerprint density at radius 1 is 1.11 bits per heavy atom. The van der Waals surface area contributed by atoms with E-state index in [2.05, 4.69) is 38.6 Å². The zero-order chi connectivity index (χ0) is 15.1. The van der Waals surface area contributed by atoms with Crippen LogP contribution in [0.2, 0.25) is 0 Å². The van der Waals surface area contributed by atoms with Gasteiger partial charge >= 0.3 is 15.6 Å². The topological polar surface area (TPSA) is 113 Å². The van der Waals surface area contributed by atoms with E-state index in [1.807, 2.05) is 0 Å². The maximum absolute atomic E-state index is 11.1. The fourth-order valence-corrected chi connectivity index (χ4v) is 3.46. The first-order chi connectivity index (χ1) is 8.52. The largest absolute Gasteiger partial charge is 0.481 e. The Kier molecular flexibility index (Phi) is 9.25. The van der Waals surface area contributed by atoms with Gasteiger partial charge in [0.1, 0.15) is 0 Å². The Balaban J connectivity index is 3.83. The molecule has 0 bridgehead atoms. The van der Waals surface area contributed by atoms with E-state index < -0.39 is 15.6 Å². The van der Waals surface area contributed by atoms with Crippen LogP contribution in [0.15, 0.2) is 0 Å². The molecule has 0 aliphatic rings. The Morgan fingerprint density at radius 2 is 1.68 bits per heavy atom. The number of phosphoric ester groups is 1. The summed E-state index contributed by atoms with van der Waals surface area (Å²) in [4.78, 5) is 25.9. The minimum Gasteiger partial charge on any atom is -0.302 e. The van der Waals surface area contributed by atoms with Gasteiger partial charge in [-0.2, -0.15) is 4.31 Å². The van der Waals surface area contributed by atoms with Crippen molar-refractivity contribution in [1.29, 1.82) is 0 Å². The first-order valence-corrected chi connectivity index (χ1v) is 9.84. The summed E-state index contributed by atoms with van der Waals surface area (Å²) in [7, 11) is -9.73. The van der Waals surface area contributed by atoms with Crippen LogP contribution in [-0.4, -0.2) is 26.1 Å². The number of alkyl halides is 1. The van der Waals surface area contributed by atoms with Gasteiger partial charge in [-0.05, 0) is 18.8 Å². The monoisotopic (exact) mass is 382 g/mol. The van der Waals surface area contributed by atoms with Crippen molar-refractivity contribution < 1.29 is 32.6 Å². The lowest BCUT2D eigenvalue weighted by Gasteiger charge is -2.14. The molecule has 0 aromatic carbocycles. The van der Waals surface area contributed by atoms with Crippen LogP contribution in [0.1, 0.15) is 39.5 Å². The van der Waals surface area contributed by atoms with Gasteiger partial charge < -0.3 is 14.7 Å². The van der Waals surface area contributed by atoms with Crippen LogP contribution in [0.25, 0.3) is 0 Å². The zero-order valence-corrected chi connectivity index (χ0v) is 14.3. The molecule has 0 aliphatic carbocycles. The van der Waals surface area contributed by atoms with E-state index in [0.29, 0.717) is 12.3 Å². The lowest BCUT2D eigenvalue weighted by molar-refractivity contribution is 0.176. The molecule has 0 radical (unpaired) electrons. The van der Waals surface area contributed by atoms with E-state index in [-0.39, 0.29) is 11.4 Å². The lowest BCUT2D eigenvalue weighted by atomic mass is 10.0. The molecule has 0 saturated heterocycles. The van der Waals surface area contributed by atoms with Crippen molar-refractivity contribution in [1.82, 2.24) is 0 Å². The normalized spacial score (nSPS) is 17.4. The summed E-state index contributed by atoms with van der Waals surface area (Å²) in [6.07, 6.45) is 3.48. The third-order valence-electron chi connectivity index (χ3n) is 2.19. The maximum Gasteiger partial charge on any atom is 0.481 e. The molecule has 0 fully saturated rings. The molecule has 0 rings (SSSR count). The predicted octanol–water partition coefficient (Wildman–Crippen LogP) is 3.19. The van der Waals surface area contributed by atoms with Crippen LogP contribution < -0.4 is 0 Å². The zero-order valence-electron chi connectivity index (χ0n) is 10.9. The third-order valence-corrected chi connectivity index (χ3v) is 5.29. The van der Waals surface area contributed by atoms with Crippen LogP contribution in [0.3, 0.4) is 0 Å². The van der Waals surface area contributed by atoms with Gasteiger partial charge in [-0.3, -0.25) is 4.52 Å². The van der Waals surface area contributed by atoms with E-state index >= 15 is 0 Å². The standard InChI is InChI=1S/C9H21BrO7P2/c1-8(2)4-3-5-9(10)6-7-16-19(14,15)17-18(11,12)13/h8-9H,3-7H2,1-2H3,(H,14,15)(H2,11,12,13). The van der Waals surface area contributed by atoms with Crippen LogP contribution in [0.5, 0.6) is 0 Å². The maximum atomic E-state index is 11.1. The summed E-state index contributed by atoms with van der Waals surface area (Å²) in [5.41, 5.74) is 0. The highest BCUT2D eigenvalue weighted by Gasteiger charge is 2.32.